The van der Waals surface area contributed by atoms with Crippen LogP contribution in [0.5, 0.6) is 0 Å². The van der Waals surface area contributed by atoms with E-state index >= 15 is 0 Å². The molecule has 1 aliphatic heterocycles. The van der Waals surface area contributed by atoms with Gasteiger partial charge in [-0.15, -0.1) is 5.10 Å². The fraction of sp³-hybridized carbons (Fsp3) is 0.250. The summed E-state index contributed by atoms with van der Waals surface area (Å²) in [5, 5.41) is 11.0. The number of rotatable bonds is 5. The number of carbonyl (C=O) groups excluding carboxylic acids is 2. The number of carbonyl (C=O) groups is 2. The van der Waals surface area contributed by atoms with Crippen LogP contribution in [-0.2, 0) is 10.0 Å². The molecule has 1 amide bonds. The summed E-state index contributed by atoms with van der Waals surface area (Å²) in [6.07, 6.45) is 1.46. The van der Waals surface area contributed by atoms with E-state index in [2.05, 4.69) is 15.5 Å². The van der Waals surface area contributed by atoms with Crippen LogP contribution in [0.15, 0.2) is 59.8 Å². The standard InChI is InChI=1S/C20H20N6O4S/c1-15(27)17-3-2-4-19(13-17)31(29,30)25-11-9-24(10-12-25)20(28)16-5-7-18(8-6-16)26-14-21-22-23-26/h2-8,13-14H,9-12H2,1H3. The Kier molecular flexibility index (Phi) is 5.61. The third-order valence-electron chi connectivity index (χ3n) is 5.13. The molecule has 1 saturated heterocycles. The van der Waals surface area contributed by atoms with Crippen LogP contribution in [0.1, 0.15) is 27.6 Å². The average Bonchev–Trinajstić information content (AvgIpc) is 3.34. The van der Waals surface area contributed by atoms with Gasteiger partial charge < -0.3 is 4.90 Å². The number of tetrazole rings is 1. The van der Waals surface area contributed by atoms with E-state index in [1.165, 1.54) is 34.4 Å². The van der Waals surface area contributed by atoms with Gasteiger partial charge in [-0.25, -0.2) is 13.1 Å². The Labute approximate surface area is 179 Å². The van der Waals surface area contributed by atoms with Crippen molar-refractivity contribution in [3.8, 4) is 5.69 Å². The third-order valence-corrected chi connectivity index (χ3v) is 7.03. The Morgan fingerprint density at radius 2 is 1.65 bits per heavy atom. The molecule has 0 bridgehead atoms. The zero-order valence-electron chi connectivity index (χ0n) is 16.7. The van der Waals surface area contributed by atoms with Crippen LogP contribution in [-0.4, -0.2) is 75.7 Å². The lowest BCUT2D eigenvalue weighted by atomic mass is 10.1. The first kappa shape index (κ1) is 20.8. The highest BCUT2D eigenvalue weighted by Gasteiger charge is 2.30. The number of amides is 1. The van der Waals surface area contributed by atoms with Gasteiger partial charge in [0.2, 0.25) is 10.0 Å². The minimum atomic E-state index is -3.74. The van der Waals surface area contributed by atoms with E-state index in [0.717, 1.165) is 5.69 Å². The van der Waals surface area contributed by atoms with Crippen LogP contribution >= 0.6 is 0 Å². The average molecular weight is 440 g/mol. The van der Waals surface area contributed by atoms with Gasteiger partial charge in [-0.2, -0.15) is 4.31 Å². The predicted octanol–water partition coefficient (Wildman–Crippen LogP) is 1.01. The van der Waals surface area contributed by atoms with Crippen LogP contribution < -0.4 is 0 Å². The molecule has 0 radical (unpaired) electrons. The fourth-order valence-corrected chi connectivity index (χ4v) is 4.84. The molecule has 0 aliphatic carbocycles. The van der Waals surface area contributed by atoms with Crippen molar-refractivity contribution in [1.29, 1.82) is 0 Å². The molecule has 31 heavy (non-hydrogen) atoms. The van der Waals surface area contributed by atoms with Crippen LogP contribution in [0.2, 0.25) is 0 Å². The third kappa shape index (κ3) is 4.23. The Hall–Kier alpha value is -3.44. The summed E-state index contributed by atoms with van der Waals surface area (Å²) in [6.45, 7) is 2.31. The molecule has 1 aromatic heterocycles. The Morgan fingerprint density at radius 1 is 0.935 bits per heavy atom. The second-order valence-corrected chi connectivity index (χ2v) is 9.02. The van der Waals surface area contributed by atoms with Crippen LogP contribution in [0.4, 0.5) is 0 Å². The number of Topliss-reactive ketones (excluding diaryl/α,β-unsaturated/α-hetero) is 1. The maximum absolute atomic E-state index is 13.0. The highest BCUT2D eigenvalue weighted by Crippen LogP contribution is 2.20. The van der Waals surface area contributed by atoms with Crippen molar-refractivity contribution < 1.29 is 18.0 Å². The highest BCUT2D eigenvalue weighted by atomic mass is 32.2. The molecule has 4 rings (SSSR count). The summed E-state index contributed by atoms with van der Waals surface area (Å²) in [4.78, 5) is 26.1. The van der Waals surface area contributed by atoms with Crippen molar-refractivity contribution in [2.24, 2.45) is 0 Å². The second-order valence-electron chi connectivity index (χ2n) is 7.08. The molecule has 160 valence electrons. The van der Waals surface area contributed by atoms with Gasteiger partial charge in [-0.1, -0.05) is 12.1 Å². The van der Waals surface area contributed by atoms with E-state index in [1.807, 2.05) is 0 Å². The number of nitrogens with zero attached hydrogens (tertiary/aromatic N) is 6. The number of hydrogen-bond donors (Lipinski definition) is 0. The zero-order valence-corrected chi connectivity index (χ0v) is 17.6. The summed E-state index contributed by atoms with van der Waals surface area (Å²) in [5.41, 5.74) is 1.58. The van der Waals surface area contributed by atoms with Crippen molar-refractivity contribution in [3.63, 3.8) is 0 Å². The Balaban J connectivity index is 1.43. The predicted molar refractivity (Wildman–Crippen MR) is 110 cm³/mol. The molecule has 0 spiro atoms. The highest BCUT2D eigenvalue weighted by molar-refractivity contribution is 7.89. The van der Waals surface area contributed by atoms with Crippen LogP contribution in [0.25, 0.3) is 5.69 Å². The molecular weight excluding hydrogens is 420 g/mol. The molecule has 0 saturated carbocycles. The quantitative estimate of drug-likeness (QED) is 0.543. The largest absolute Gasteiger partial charge is 0.336 e. The molecule has 1 fully saturated rings. The summed E-state index contributed by atoms with van der Waals surface area (Å²) in [5.74, 6) is -0.363. The van der Waals surface area contributed by atoms with Gasteiger partial charge in [0.25, 0.3) is 5.91 Å². The maximum atomic E-state index is 13.0. The topological polar surface area (TPSA) is 118 Å². The zero-order chi connectivity index (χ0) is 22.0. The van der Waals surface area contributed by atoms with Crippen molar-refractivity contribution in [1.82, 2.24) is 29.4 Å². The summed E-state index contributed by atoms with van der Waals surface area (Å²) in [6, 6.07) is 12.9. The van der Waals surface area contributed by atoms with Crippen LogP contribution in [0, 0.1) is 0 Å². The summed E-state index contributed by atoms with van der Waals surface area (Å²) < 4.78 is 28.7. The number of piperazine rings is 1. The van der Waals surface area contributed by atoms with Crippen LogP contribution in [0.3, 0.4) is 0 Å². The lowest BCUT2D eigenvalue weighted by Crippen LogP contribution is -2.50. The van der Waals surface area contributed by atoms with E-state index in [9.17, 15) is 18.0 Å². The number of ketones is 1. The van der Waals surface area contributed by atoms with Gasteiger partial charge >= 0.3 is 0 Å². The molecule has 0 atom stereocenters. The molecule has 0 unspecified atom stereocenters. The van der Waals surface area contributed by atoms with Crippen molar-refractivity contribution in [2.75, 3.05) is 26.2 Å². The number of hydrogen-bond acceptors (Lipinski definition) is 7. The lowest BCUT2D eigenvalue weighted by Gasteiger charge is -2.34. The van der Waals surface area contributed by atoms with E-state index in [4.69, 9.17) is 0 Å². The minimum Gasteiger partial charge on any atom is -0.336 e. The van der Waals surface area contributed by atoms with E-state index < -0.39 is 10.0 Å². The minimum absolute atomic E-state index is 0.0816. The van der Waals surface area contributed by atoms with E-state index in [0.29, 0.717) is 11.1 Å². The smallest absolute Gasteiger partial charge is 0.253 e. The normalized spacial score (nSPS) is 15.1. The SMILES string of the molecule is CC(=O)c1cccc(S(=O)(=O)N2CCN(C(=O)c3ccc(-n4cnnn4)cc3)CC2)c1. The lowest BCUT2D eigenvalue weighted by molar-refractivity contribution is 0.0697. The van der Waals surface area contributed by atoms with Crippen molar-refractivity contribution in [3.05, 3.63) is 66.0 Å². The molecule has 1 aliphatic rings. The molecule has 2 aromatic carbocycles. The first-order valence-corrected chi connectivity index (χ1v) is 11.0. The van der Waals surface area contributed by atoms with Crippen molar-refractivity contribution >= 4 is 21.7 Å². The van der Waals surface area contributed by atoms with Crippen molar-refractivity contribution in [2.45, 2.75) is 11.8 Å². The Bertz CT molecular complexity index is 1200. The first-order valence-electron chi connectivity index (χ1n) is 9.60. The second kappa shape index (κ2) is 8.36. The maximum Gasteiger partial charge on any atom is 0.253 e. The Morgan fingerprint density at radius 3 is 2.26 bits per heavy atom. The van der Waals surface area contributed by atoms with Gasteiger partial charge in [0.15, 0.2) is 5.78 Å². The molecule has 11 heteroatoms. The summed E-state index contributed by atoms with van der Waals surface area (Å²) >= 11 is 0. The monoisotopic (exact) mass is 440 g/mol. The number of benzene rings is 2. The first-order chi connectivity index (χ1) is 14.9. The fourth-order valence-electron chi connectivity index (χ4n) is 3.38. The van der Waals surface area contributed by atoms with Gasteiger partial charge in [0.1, 0.15) is 6.33 Å². The van der Waals surface area contributed by atoms with E-state index in [-0.39, 0.29) is 42.8 Å². The number of aromatic nitrogens is 4. The molecule has 10 nitrogen and oxygen atoms in total. The number of sulfonamides is 1. The van der Waals surface area contributed by atoms with Gasteiger partial charge in [-0.3, -0.25) is 9.59 Å². The van der Waals surface area contributed by atoms with Gasteiger partial charge in [0, 0.05) is 37.3 Å². The molecule has 0 N–H and O–H groups in total. The van der Waals surface area contributed by atoms with Gasteiger partial charge in [-0.05, 0) is 53.7 Å². The van der Waals surface area contributed by atoms with Gasteiger partial charge in [0.05, 0.1) is 10.6 Å². The molecule has 2 heterocycles. The summed E-state index contributed by atoms with van der Waals surface area (Å²) in [7, 11) is -3.74. The molecular formula is C20H20N6O4S. The molecule has 3 aromatic rings. The van der Waals surface area contributed by atoms with E-state index in [1.54, 1.807) is 41.3 Å².